The normalized spacial score (nSPS) is 11.6. The van der Waals surface area contributed by atoms with E-state index in [9.17, 15) is 14.9 Å². The van der Waals surface area contributed by atoms with Gasteiger partial charge in [0.1, 0.15) is 12.4 Å². The van der Waals surface area contributed by atoms with Gasteiger partial charge in [-0.05, 0) is 35.6 Å². The third-order valence-electron chi connectivity index (χ3n) is 4.59. The van der Waals surface area contributed by atoms with Gasteiger partial charge in [-0.2, -0.15) is 5.26 Å². The molecule has 2 aromatic carbocycles. The fourth-order valence-corrected chi connectivity index (χ4v) is 3.06. The van der Waals surface area contributed by atoms with Gasteiger partial charge in [0.05, 0.1) is 17.6 Å². The molecular formula is C23H25NO3. The standard InChI is InChI=1S/C23H25NO3/c1-3-4-9-22(25)21(23(26)16-27-2)14-17-10-12-18(13-11-17)20-8-6-5-7-19(20)15-24/h5-8,10-13,21H,3-4,9,14,16H2,1-2H3. The minimum absolute atomic E-state index is 0.0159. The van der Waals surface area contributed by atoms with Crippen molar-refractivity contribution in [3.63, 3.8) is 0 Å². The molecule has 0 saturated heterocycles. The lowest BCUT2D eigenvalue weighted by Crippen LogP contribution is -2.29. The molecule has 0 amide bonds. The molecular weight excluding hydrogens is 338 g/mol. The predicted molar refractivity (Wildman–Crippen MR) is 105 cm³/mol. The number of benzene rings is 2. The Labute approximate surface area is 160 Å². The number of unbranched alkanes of at least 4 members (excludes halogenated alkanes) is 1. The van der Waals surface area contributed by atoms with Gasteiger partial charge in [-0.3, -0.25) is 9.59 Å². The summed E-state index contributed by atoms with van der Waals surface area (Å²) in [5, 5.41) is 9.26. The molecule has 0 saturated carbocycles. The molecule has 0 N–H and O–H groups in total. The Bertz CT molecular complexity index is 818. The molecule has 0 aliphatic rings. The van der Waals surface area contributed by atoms with Crippen molar-refractivity contribution in [3.8, 4) is 17.2 Å². The van der Waals surface area contributed by atoms with Crippen molar-refractivity contribution in [1.82, 2.24) is 0 Å². The quantitative estimate of drug-likeness (QED) is 0.588. The first-order chi connectivity index (χ1) is 13.1. The number of Topliss-reactive ketones (excluding diaryl/α,β-unsaturated/α-hetero) is 2. The van der Waals surface area contributed by atoms with E-state index in [0.29, 0.717) is 18.4 Å². The number of ether oxygens (including phenoxy) is 1. The van der Waals surface area contributed by atoms with Crippen LogP contribution in [0.3, 0.4) is 0 Å². The van der Waals surface area contributed by atoms with Crippen molar-refractivity contribution < 1.29 is 14.3 Å². The van der Waals surface area contributed by atoms with Crippen LogP contribution in [0.4, 0.5) is 0 Å². The third kappa shape index (κ3) is 5.60. The van der Waals surface area contributed by atoms with Gasteiger partial charge in [0, 0.05) is 13.5 Å². The minimum Gasteiger partial charge on any atom is -0.377 e. The number of hydrogen-bond acceptors (Lipinski definition) is 4. The predicted octanol–water partition coefficient (Wildman–Crippen LogP) is 4.36. The lowest BCUT2D eigenvalue weighted by atomic mass is 9.88. The maximum atomic E-state index is 12.5. The number of hydrogen-bond donors (Lipinski definition) is 0. The summed E-state index contributed by atoms with van der Waals surface area (Å²) in [6, 6.07) is 17.3. The second-order valence-corrected chi connectivity index (χ2v) is 6.58. The zero-order valence-corrected chi connectivity index (χ0v) is 15.9. The number of nitriles is 1. The Balaban J connectivity index is 2.19. The van der Waals surface area contributed by atoms with E-state index in [0.717, 1.165) is 29.5 Å². The Morgan fingerprint density at radius 1 is 1.07 bits per heavy atom. The summed E-state index contributed by atoms with van der Waals surface area (Å²) in [6.07, 6.45) is 2.51. The van der Waals surface area contributed by atoms with Gasteiger partial charge in [-0.1, -0.05) is 55.8 Å². The molecule has 0 spiro atoms. The van der Waals surface area contributed by atoms with E-state index in [1.165, 1.54) is 7.11 Å². The van der Waals surface area contributed by atoms with Crippen LogP contribution in [-0.4, -0.2) is 25.3 Å². The van der Waals surface area contributed by atoms with Gasteiger partial charge >= 0.3 is 0 Å². The van der Waals surface area contributed by atoms with Crippen LogP contribution in [0.1, 0.15) is 37.3 Å². The molecule has 4 nitrogen and oxygen atoms in total. The van der Waals surface area contributed by atoms with Gasteiger partial charge < -0.3 is 4.74 Å². The lowest BCUT2D eigenvalue weighted by molar-refractivity contribution is -0.135. The molecule has 1 atom stereocenters. The van der Waals surface area contributed by atoms with E-state index in [1.807, 2.05) is 49.4 Å². The molecule has 2 aromatic rings. The first-order valence-electron chi connectivity index (χ1n) is 9.23. The number of nitrogens with zero attached hydrogens (tertiary/aromatic N) is 1. The highest BCUT2D eigenvalue weighted by Crippen LogP contribution is 2.24. The molecule has 0 aliphatic carbocycles. The largest absolute Gasteiger partial charge is 0.377 e. The van der Waals surface area contributed by atoms with E-state index >= 15 is 0 Å². The molecule has 0 bridgehead atoms. The highest BCUT2D eigenvalue weighted by Gasteiger charge is 2.25. The van der Waals surface area contributed by atoms with Crippen LogP contribution < -0.4 is 0 Å². The number of ketones is 2. The molecule has 1 unspecified atom stereocenters. The number of carbonyl (C=O) groups is 2. The maximum Gasteiger partial charge on any atom is 0.169 e. The lowest BCUT2D eigenvalue weighted by Gasteiger charge is -2.15. The van der Waals surface area contributed by atoms with Gasteiger partial charge in [0.2, 0.25) is 0 Å². The van der Waals surface area contributed by atoms with Crippen LogP contribution in [0.2, 0.25) is 0 Å². The van der Waals surface area contributed by atoms with E-state index in [1.54, 1.807) is 6.07 Å². The zero-order valence-electron chi connectivity index (χ0n) is 15.9. The molecule has 4 heteroatoms. The highest BCUT2D eigenvalue weighted by atomic mass is 16.5. The molecule has 0 radical (unpaired) electrons. The Morgan fingerprint density at radius 3 is 2.41 bits per heavy atom. The first-order valence-corrected chi connectivity index (χ1v) is 9.23. The molecule has 0 heterocycles. The average Bonchev–Trinajstić information content (AvgIpc) is 2.70. The number of carbonyl (C=O) groups excluding carboxylic acids is 2. The summed E-state index contributed by atoms with van der Waals surface area (Å²) in [7, 11) is 1.47. The third-order valence-corrected chi connectivity index (χ3v) is 4.59. The van der Waals surface area contributed by atoms with Crippen molar-refractivity contribution in [2.45, 2.75) is 32.6 Å². The van der Waals surface area contributed by atoms with Crippen LogP contribution in [0.25, 0.3) is 11.1 Å². The first kappa shape index (κ1) is 20.5. The van der Waals surface area contributed by atoms with E-state index < -0.39 is 5.92 Å². The Hall–Kier alpha value is -2.77. The van der Waals surface area contributed by atoms with Crippen molar-refractivity contribution in [3.05, 3.63) is 59.7 Å². The Morgan fingerprint density at radius 2 is 1.78 bits per heavy atom. The van der Waals surface area contributed by atoms with E-state index in [2.05, 4.69) is 6.07 Å². The minimum atomic E-state index is -0.659. The van der Waals surface area contributed by atoms with Gasteiger partial charge in [0.25, 0.3) is 0 Å². The number of rotatable bonds is 10. The van der Waals surface area contributed by atoms with Gasteiger partial charge in [0.15, 0.2) is 5.78 Å². The molecule has 0 aromatic heterocycles. The topological polar surface area (TPSA) is 67.2 Å². The molecule has 0 fully saturated rings. The molecule has 27 heavy (non-hydrogen) atoms. The SMILES string of the molecule is CCCCC(=O)C(Cc1ccc(-c2ccccc2C#N)cc1)C(=O)COC. The fraction of sp³-hybridized carbons (Fsp3) is 0.348. The van der Waals surface area contributed by atoms with Crippen LogP contribution in [-0.2, 0) is 20.7 Å². The molecule has 140 valence electrons. The van der Waals surface area contributed by atoms with Crippen LogP contribution >= 0.6 is 0 Å². The molecule has 2 rings (SSSR count). The van der Waals surface area contributed by atoms with E-state index in [-0.39, 0.29) is 18.2 Å². The van der Waals surface area contributed by atoms with Gasteiger partial charge in [-0.25, -0.2) is 0 Å². The Kier molecular flexibility index (Phi) is 7.91. The van der Waals surface area contributed by atoms with Crippen LogP contribution in [0.15, 0.2) is 48.5 Å². The monoisotopic (exact) mass is 363 g/mol. The summed E-state index contributed by atoms with van der Waals surface area (Å²) in [6.45, 7) is 1.98. The van der Waals surface area contributed by atoms with E-state index in [4.69, 9.17) is 4.74 Å². The highest BCUT2D eigenvalue weighted by molar-refractivity contribution is 6.03. The number of methoxy groups -OCH3 is 1. The summed E-state index contributed by atoms with van der Waals surface area (Å²) in [5.41, 5.74) is 3.35. The maximum absolute atomic E-state index is 12.5. The van der Waals surface area contributed by atoms with Crippen molar-refractivity contribution >= 4 is 11.6 Å². The van der Waals surface area contributed by atoms with Crippen molar-refractivity contribution in [2.75, 3.05) is 13.7 Å². The van der Waals surface area contributed by atoms with Crippen LogP contribution in [0, 0.1) is 17.2 Å². The summed E-state index contributed by atoms with van der Waals surface area (Å²) in [4.78, 5) is 24.8. The smallest absolute Gasteiger partial charge is 0.169 e. The zero-order chi connectivity index (χ0) is 19.6. The van der Waals surface area contributed by atoms with Crippen molar-refractivity contribution in [1.29, 1.82) is 5.26 Å². The van der Waals surface area contributed by atoms with Crippen LogP contribution in [0.5, 0.6) is 0 Å². The second-order valence-electron chi connectivity index (χ2n) is 6.58. The summed E-state index contributed by atoms with van der Waals surface area (Å²) >= 11 is 0. The summed E-state index contributed by atoms with van der Waals surface area (Å²) < 4.78 is 4.95. The summed E-state index contributed by atoms with van der Waals surface area (Å²) in [5.74, 6) is -0.843. The molecule has 0 aliphatic heterocycles. The average molecular weight is 363 g/mol. The van der Waals surface area contributed by atoms with Gasteiger partial charge in [-0.15, -0.1) is 0 Å². The fourth-order valence-electron chi connectivity index (χ4n) is 3.06. The van der Waals surface area contributed by atoms with Crippen molar-refractivity contribution in [2.24, 2.45) is 5.92 Å². The second kappa shape index (κ2) is 10.4.